The van der Waals surface area contributed by atoms with Gasteiger partial charge in [-0.15, -0.1) is 0 Å². The second-order valence-electron chi connectivity index (χ2n) is 7.24. The largest absolute Gasteiger partial charge is 0.461 e. The predicted molar refractivity (Wildman–Crippen MR) is 110 cm³/mol. The van der Waals surface area contributed by atoms with Gasteiger partial charge in [-0.25, -0.2) is 9.18 Å². The third kappa shape index (κ3) is 3.40. The van der Waals surface area contributed by atoms with E-state index in [9.17, 15) is 9.18 Å². The number of hydrogen-bond donors (Lipinski definition) is 1. The van der Waals surface area contributed by atoms with E-state index in [1.54, 1.807) is 47.5 Å². The number of amides is 2. The fraction of sp³-hybridized carbons (Fsp3) is 0.182. The van der Waals surface area contributed by atoms with Crippen molar-refractivity contribution in [1.82, 2.24) is 9.88 Å². The van der Waals surface area contributed by atoms with Gasteiger partial charge in [-0.2, -0.15) is 0 Å². The summed E-state index contributed by atoms with van der Waals surface area (Å²) in [7, 11) is 0. The average Bonchev–Trinajstić information content (AvgIpc) is 3.05. The van der Waals surface area contributed by atoms with E-state index in [4.69, 9.17) is 16.3 Å². The van der Waals surface area contributed by atoms with Crippen molar-refractivity contribution in [2.75, 3.05) is 18.4 Å². The molecule has 1 atom stereocenters. The highest BCUT2D eigenvalue weighted by atomic mass is 35.5. The molecule has 1 fully saturated rings. The van der Waals surface area contributed by atoms with Gasteiger partial charge in [0.2, 0.25) is 0 Å². The molecule has 29 heavy (non-hydrogen) atoms. The molecule has 1 aliphatic carbocycles. The molecule has 7 heteroatoms. The van der Waals surface area contributed by atoms with Crippen LogP contribution in [-0.4, -0.2) is 29.0 Å². The zero-order chi connectivity index (χ0) is 20.0. The first kappa shape index (κ1) is 17.9. The third-order valence-corrected chi connectivity index (χ3v) is 5.62. The molecular weight excluding hydrogens is 393 g/mol. The predicted octanol–water partition coefficient (Wildman–Crippen LogP) is 5.23. The van der Waals surface area contributed by atoms with Crippen LogP contribution in [0.1, 0.15) is 6.42 Å². The van der Waals surface area contributed by atoms with Gasteiger partial charge in [0.1, 0.15) is 17.3 Å². The number of ether oxygens (including phenoxy) is 1. The number of fused-ring (bicyclic) bond motifs is 2. The summed E-state index contributed by atoms with van der Waals surface area (Å²) in [5.74, 6) is 1.42. The number of pyridine rings is 1. The van der Waals surface area contributed by atoms with Gasteiger partial charge in [0, 0.05) is 47.7 Å². The van der Waals surface area contributed by atoms with E-state index in [0.29, 0.717) is 46.4 Å². The van der Waals surface area contributed by atoms with Crippen molar-refractivity contribution in [1.29, 1.82) is 0 Å². The first-order chi connectivity index (χ1) is 14.1. The number of likely N-dealkylation sites (tertiary alicyclic amines) is 1. The summed E-state index contributed by atoms with van der Waals surface area (Å²) >= 11 is 5.88. The summed E-state index contributed by atoms with van der Waals surface area (Å²) in [4.78, 5) is 18.6. The highest BCUT2D eigenvalue weighted by Crippen LogP contribution is 2.42. The van der Waals surface area contributed by atoms with Crippen molar-refractivity contribution in [2.45, 2.75) is 6.42 Å². The molecule has 0 bridgehead atoms. The van der Waals surface area contributed by atoms with Crippen LogP contribution >= 0.6 is 11.6 Å². The van der Waals surface area contributed by atoms with E-state index < -0.39 is 0 Å². The molecule has 2 aliphatic rings. The number of urea groups is 1. The SMILES string of the molecule is O=C(Nc1ccc(Cl)cc1)N1CC2=C(Oc3ccnc4ccc(F)cc34)CC2C1. The number of carbonyl (C=O) groups is 1. The molecular formula is C22H17ClFN3O2. The normalized spacial score (nSPS) is 17.9. The molecule has 2 aromatic carbocycles. The summed E-state index contributed by atoms with van der Waals surface area (Å²) in [6.45, 7) is 1.18. The monoisotopic (exact) mass is 409 g/mol. The lowest BCUT2D eigenvalue weighted by Gasteiger charge is -2.26. The Labute approximate surface area is 171 Å². The van der Waals surface area contributed by atoms with Gasteiger partial charge >= 0.3 is 6.03 Å². The maximum Gasteiger partial charge on any atom is 0.322 e. The van der Waals surface area contributed by atoms with Crippen molar-refractivity contribution < 1.29 is 13.9 Å². The van der Waals surface area contributed by atoms with Gasteiger partial charge in [0.15, 0.2) is 0 Å². The Morgan fingerprint density at radius 2 is 2.03 bits per heavy atom. The maximum absolute atomic E-state index is 13.7. The standard InChI is InChI=1S/C22H17ClFN3O2/c23-14-1-4-16(5-2-14)26-22(28)27-11-13-9-21(18(13)12-27)29-20-7-8-25-19-6-3-15(24)10-17(19)20/h1-8,10,13H,9,11-12H2,(H,26,28). The van der Waals surface area contributed by atoms with Crippen molar-refractivity contribution in [2.24, 2.45) is 5.92 Å². The Hall–Kier alpha value is -3.12. The Morgan fingerprint density at radius 3 is 2.86 bits per heavy atom. The van der Waals surface area contributed by atoms with Gasteiger partial charge < -0.3 is 15.0 Å². The number of allylic oxidation sites excluding steroid dienone is 1. The Bertz CT molecular complexity index is 1150. The molecule has 1 aliphatic heterocycles. The lowest BCUT2D eigenvalue weighted by molar-refractivity contribution is 0.221. The topological polar surface area (TPSA) is 54.5 Å². The molecule has 0 saturated carbocycles. The summed E-state index contributed by atoms with van der Waals surface area (Å²) in [6, 6.07) is 13.1. The molecule has 0 radical (unpaired) electrons. The number of nitrogens with one attached hydrogen (secondary N) is 1. The van der Waals surface area contributed by atoms with Gasteiger partial charge in [-0.05, 0) is 54.1 Å². The third-order valence-electron chi connectivity index (χ3n) is 5.36. The van der Waals surface area contributed by atoms with Crippen LogP contribution in [0.3, 0.4) is 0 Å². The average molecular weight is 410 g/mol. The first-order valence-electron chi connectivity index (χ1n) is 9.32. The molecule has 1 saturated heterocycles. The van der Waals surface area contributed by atoms with Crippen LogP contribution in [0.4, 0.5) is 14.9 Å². The number of hydrogen-bond acceptors (Lipinski definition) is 3. The second-order valence-corrected chi connectivity index (χ2v) is 7.68. The minimum atomic E-state index is -0.328. The molecule has 2 amide bonds. The van der Waals surface area contributed by atoms with Crippen molar-refractivity contribution in [3.8, 4) is 5.75 Å². The molecule has 146 valence electrons. The Kier molecular flexibility index (Phi) is 4.36. The number of nitrogens with zero attached hydrogens (tertiary/aromatic N) is 2. The second kappa shape index (κ2) is 7.04. The van der Waals surface area contributed by atoms with Gasteiger partial charge in [-0.1, -0.05) is 11.6 Å². The number of carbonyl (C=O) groups excluding carboxylic acids is 1. The molecule has 3 aromatic rings. The summed E-state index contributed by atoms with van der Waals surface area (Å²) in [5.41, 5.74) is 2.51. The van der Waals surface area contributed by atoms with Crippen LogP contribution < -0.4 is 10.1 Å². The summed E-state index contributed by atoms with van der Waals surface area (Å²) < 4.78 is 19.7. The lowest BCUT2D eigenvalue weighted by atomic mass is 9.85. The quantitative estimate of drug-likeness (QED) is 0.644. The highest BCUT2D eigenvalue weighted by molar-refractivity contribution is 6.30. The number of rotatable bonds is 3. The first-order valence-corrected chi connectivity index (χ1v) is 9.70. The fourth-order valence-corrected chi connectivity index (χ4v) is 3.94. The maximum atomic E-state index is 13.7. The van der Waals surface area contributed by atoms with Gasteiger partial charge in [0.25, 0.3) is 0 Å². The molecule has 0 spiro atoms. The highest BCUT2D eigenvalue weighted by Gasteiger charge is 2.41. The Balaban J connectivity index is 1.31. The lowest BCUT2D eigenvalue weighted by Crippen LogP contribution is -2.32. The molecule has 5 rings (SSSR count). The molecule has 1 aromatic heterocycles. The van der Waals surface area contributed by atoms with Crippen LogP contribution in [0.2, 0.25) is 5.02 Å². The summed E-state index contributed by atoms with van der Waals surface area (Å²) in [6.07, 6.45) is 2.41. The van der Waals surface area contributed by atoms with Crippen molar-refractivity contribution in [3.05, 3.63) is 76.9 Å². The van der Waals surface area contributed by atoms with E-state index >= 15 is 0 Å². The van der Waals surface area contributed by atoms with E-state index in [1.165, 1.54) is 12.1 Å². The minimum Gasteiger partial charge on any atom is -0.461 e. The van der Waals surface area contributed by atoms with E-state index in [1.807, 2.05) is 0 Å². The number of aromatic nitrogens is 1. The smallest absolute Gasteiger partial charge is 0.322 e. The van der Waals surface area contributed by atoms with Crippen LogP contribution in [0.5, 0.6) is 5.75 Å². The van der Waals surface area contributed by atoms with Crippen LogP contribution in [-0.2, 0) is 0 Å². The van der Waals surface area contributed by atoms with Gasteiger partial charge in [-0.3, -0.25) is 4.98 Å². The minimum absolute atomic E-state index is 0.148. The van der Waals surface area contributed by atoms with E-state index in [0.717, 1.165) is 17.8 Å². The zero-order valence-electron chi connectivity index (χ0n) is 15.4. The van der Waals surface area contributed by atoms with Crippen LogP contribution in [0.15, 0.2) is 66.1 Å². The van der Waals surface area contributed by atoms with Crippen LogP contribution in [0.25, 0.3) is 10.9 Å². The number of anilines is 1. The molecule has 1 N–H and O–H groups in total. The van der Waals surface area contributed by atoms with Gasteiger partial charge in [0.05, 0.1) is 5.52 Å². The zero-order valence-corrected chi connectivity index (χ0v) is 16.1. The summed E-state index contributed by atoms with van der Waals surface area (Å²) in [5, 5.41) is 4.15. The molecule has 5 nitrogen and oxygen atoms in total. The Morgan fingerprint density at radius 1 is 1.21 bits per heavy atom. The van der Waals surface area contributed by atoms with Crippen molar-refractivity contribution in [3.63, 3.8) is 0 Å². The molecule has 2 heterocycles. The number of benzene rings is 2. The molecule has 1 unspecified atom stereocenters. The van der Waals surface area contributed by atoms with E-state index in [2.05, 4.69) is 10.3 Å². The van der Waals surface area contributed by atoms with Crippen LogP contribution in [0, 0.1) is 11.7 Å². The fourth-order valence-electron chi connectivity index (χ4n) is 3.82. The number of halogens is 2. The van der Waals surface area contributed by atoms with Crippen molar-refractivity contribution >= 4 is 34.2 Å². The van der Waals surface area contributed by atoms with E-state index in [-0.39, 0.29) is 11.8 Å².